The zero-order valence-corrected chi connectivity index (χ0v) is 28.0. The third-order valence-electron chi connectivity index (χ3n) is 8.28. The van der Waals surface area contributed by atoms with Crippen molar-refractivity contribution in [2.45, 2.75) is 37.2 Å². The van der Waals surface area contributed by atoms with Gasteiger partial charge in [-0.2, -0.15) is 0 Å². The van der Waals surface area contributed by atoms with E-state index < -0.39 is 12.0 Å². The zero-order chi connectivity index (χ0) is 32.5. The van der Waals surface area contributed by atoms with Crippen LogP contribution in [0.1, 0.15) is 35.7 Å². The summed E-state index contributed by atoms with van der Waals surface area (Å²) in [4.78, 5) is 48.6. The summed E-state index contributed by atoms with van der Waals surface area (Å²) in [6, 6.07) is 24.1. The number of thioether (sulfide) groups is 1. The van der Waals surface area contributed by atoms with E-state index in [2.05, 4.69) is 39.4 Å². The lowest BCUT2D eigenvalue weighted by Gasteiger charge is -2.35. The highest BCUT2D eigenvalue weighted by atomic mass is 32.2. The van der Waals surface area contributed by atoms with Crippen molar-refractivity contribution in [3.63, 3.8) is 0 Å². The zero-order valence-electron chi connectivity index (χ0n) is 26.4. The Labute approximate surface area is 280 Å². The Morgan fingerprint density at radius 2 is 1.65 bits per heavy atom. The Morgan fingerprint density at radius 3 is 2.35 bits per heavy atom. The van der Waals surface area contributed by atoms with Crippen LogP contribution in [0.5, 0.6) is 0 Å². The van der Waals surface area contributed by atoms with Crippen molar-refractivity contribution < 1.29 is 19.1 Å². The van der Waals surface area contributed by atoms with Gasteiger partial charge in [-0.3, -0.25) is 19.4 Å². The molecule has 0 radical (unpaired) electrons. The number of benzene rings is 3. The number of nitrogens with zero attached hydrogens (tertiary/aromatic N) is 4. The van der Waals surface area contributed by atoms with E-state index in [1.807, 2.05) is 41.5 Å². The Morgan fingerprint density at radius 1 is 0.935 bits per heavy atom. The molecule has 0 aliphatic carbocycles. The van der Waals surface area contributed by atoms with Crippen molar-refractivity contribution in [1.82, 2.24) is 14.7 Å². The number of hydrogen-bond acceptors (Lipinski definition) is 8. The van der Waals surface area contributed by atoms with Crippen molar-refractivity contribution in [3.8, 4) is 0 Å². The Kier molecular flexibility index (Phi) is 11.8. The molecule has 1 N–H and O–H groups in total. The van der Waals surface area contributed by atoms with Crippen LogP contribution in [-0.2, 0) is 20.9 Å². The van der Waals surface area contributed by atoms with E-state index in [0.29, 0.717) is 28.6 Å². The van der Waals surface area contributed by atoms with Crippen LogP contribution in [0.15, 0.2) is 83.8 Å². The minimum Gasteiger partial charge on any atom is -0.462 e. The molecular weight excluding hydrogens is 619 g/mol. The van der Waals surface area contributed by atoms with E-state index in [1.165, 1.54) is 5.56 Å². The lowest BCUT2D eigenvalue weighted by atomic mass is 10.1. The third kappa shape index (κ3) is 8.52. The van der Waals surface area contributed by atoms with Crippen molar-refractivity contribution >= 4 is 58.3 Å². The number of rotatable bonds is 13. The van der Waals surface area contributed by atoms with Gasteiger partial charge in [0.05, 0.1) is 24.3 Å². The van der Waals surface area contributed by atoms with Gasteiger partial charge in [-0.05, 0) is 86.4 Å². The standard InChI is InChI=1S/C35H41N5O4S2/c1-3-44-34(43)27-13-15-28(16-14-27)36-32(41)24-31-33(42)40(29-11-7-12-30(23-29)46-2)35(45)39(31)18-8-17-37-19-21-38(22-20-37)25-26-9-5-4-6-10-26/h4-7,9-16,23,31H,3,8,17-22,24-25H2,1-2H3,(H,36,41)/t31-/m0/s1. The second-order valence-corrected chi connectivity index (χ2v) is 12.6. The topological polar surface area (TPSA) is 85.4 Å². The monoisotopic (exact) mass is 659 g/mol. The van der Waals surface area contributed by atoms with Gasteiger partial charge in [-0.1, -0.05) is 36.4 Å². The van der Waals surface area contributed by atoms with Gasteiger partial charge >= 0.3 is 5.97 Å². The van der Waals surface area contributed by atoms with E-state index in [0.717, 1.165) is 50.6 Å². The lowest BCUT2D eigenvalue weighted by molar-refractivity contribution is -0.124. The van der Waals surface area contributed by atoms with Crippen LogP contribution < -0.4 is 10.2 Å². The number of piperazine rings is 1. The molecule has 3 aromatic rings. The number of carbonyl (C=O) groups excluding carboxylic acids is 3. The normalized spacial score (nSPS) is 17.4. The number of hydrogen-bond donors (Lipinski definition) is 1. The van der Waals surface area contributed by atoms with Crippen molar-refractivity contribution in [2.24, 2.45) is 0 Å². The number of thiocarbonyl (C=S) groups is 1. The van der Waals surface area contributed by atoms with Crippen LogP contribution in [0.25, 0.3) is 0 Å². The minimum absolute atomic E-state index is 0.0462. The number of nitrogens with one attached hydrogen (secondary N) is 1. The van der Waals surface area contributed by atoms with Crippen molar-refractivity contribution in [2.75, 3.05) is 62.3 Å². The summed E-state index contributed by atoms with van der Waals surface area (Å²) in [5, 5.41) is 3.30. The molecule has 2 heterocycles. The van der Waals surface area contributed by atoms with Gasteiger partial charge in [0.2, 0.25) is 5.91 Å². The molecule has 46 heavy (non-hydrogen) atoms. The lowest BCUT2D eigenvalue weighted by Crippen LogP contribution is -2.47. The first-order valence-electron chi connectivity index (χ1n) is 15.7. The predicted octanol–water partition coefficient (Wildman–Crippen LogP) is 5.12. The molecule has 2 saturated heterocycles. The summed E-state index contributed by atoms with van der Waals surface area (Å²) in [6.45, 7) is 8.47. The van der Waals surface area contributed by atoms with Gasteiger partial charge in [0.25, 0.3) is 5.91 Å². The van der Waals surface area contributed by atoms with Gasteiger partial charge in [0.1, 0.15) is 6.04 Å². The van der Waals surface area contributed by atoms with E-state index in [4.69, 9.17) is 17.0 Å². The highest BCUT2D eigenvalue weighted by molar-refractivity contribution is 7.98. The molecule has 0 spiro atoms. The molecular formula is C35H41N5O4S2. The van der Waals surface area contributed by atoms with Crippen LogP contribution in [0.4, 0.5) is 11.4 Å². The largest absolute Gasteiger partial charge is 0.462 e. The maximum atomic E-state index is 13.9. The maximum Gasteiger partial charge on any atom is 0.338 e. The molecule has 11 heteroatoms. The van der Waals surface area contributed by atoms with E-state index in [9.17, 15) is 14.4 Å². The summed E-state index contributed by atoms with van der Waals surface area (Å²) in [5.74, 6) is -0.921. The Hall–Kier alpha value is -3.77. The first-order chi connectivity index (χ1) is 22.4. The second kappa shape index (κ2) is 16.2. The van der Waals surface area contributed by atoms with Crippen molar-refractivity contribution in [3.05, 3.63) is 90.0 Å². The molecule has 2 aliphatic heterocycles. The second-order valence-electron chi connectivity index (χ2n) is 11.4. The molecule has 0 bridgehead atoms. The molecule has 3 aromatic carbocycles. The smallest absolute Gasteiger partial charge is 0.338 e. The predicted molar refractivity (Wildman–Crippen MR) is 187 cm³/mol. The van der Waals surface area contributed by atoms with Crippen LogP contribution in [0.3, 0.4) is 0 Å². The fourth-order valence-electron chi connectivity index (χ4n) is 5.84. The van der Waals surface area contributed by atoms with E-state index in [1.54, 1.807) is 47.9 Å². The number of ether oxygens (including phenoxy) is 1. The quantitative estimate of drug-likeness (QED) is 0.153. The summed E-state index contributed by atoms with van der Waals surface area (Å²) < 4.78 is 5.04. The van der Waals surface area contributed by atoms with Crippen LogP contribution in [-0.4, -0.2) is 95.8 Å². The first kappa shape index (κ1) is 33.6. The molecule has 5 rings (SSSR count). The molecule has 242 valence electrons. The molecule has 9 nitrogen and oxygen atoms in total. The highest BCUT2D eigenvalue weighted by Crippen LogP contribution is 2.30. The first-order valence-corrected chi connectivity index (χ1v) is 17.3. The van der Waals surface area contributed by atoms with Crippen molar-refractivity contribution in [1.29, 1.82) is 0 Å². The summed E-state index contributed by atoms with van der Waals surface area (Å²) >= 11 is 7.49. The Balaban J connectivity index is 1.21. The van der Waals surface area contributed by atoms with Gasteiger partial charge in [0.15, 0.2) is 5.11 Å². The average Bonchev–Trinajstić information content (AvgIpc) is 3.30. The van der Waals surface area contributed by atoms with Gasteiger partial charge in [-0.25, -0.2) is 4.79 Å². The maximum absolute atomic E-state index is 13.9. The summed E-state index contributed by atoms with van der Waals surface area (Å²) in [7, 11) is 0. The SMILES string of the molecule is CCOC(=O)c1ccc(NC(=O)C[C@H]2C(=O)N(c3cccc(SC)c3)C(=S)N2CCCN2CCN(Cc3ccccc3)CC2)cc1. The van der Waals surface area contributed by atoms with Gasteiger partial charge in [0, 0.05) is 49.9 Å². The molecule has 0 unspecified atom stereocenters. The van der Waals surface area contributed by atoms with Crippen LogP contribution >= 0.6 is 24.0 Å². The Bertz CT molecular complexity index is 1510. The highest BCUT2D eigenvalue weighted by Gasteiger charge is 2.44. The number of anilines is 2. The van der Waals surface area contributed by atoms with E-state index in [-0.39, 0.29) is 24.8 Å². The number of esters is 1. The molecule has 1 atom stereocenters. The molecule has 0 aromatic heterocycles. The fraction of sp³-hybridized carbons (Fsp3) is 0.371. The molecule has 0 saturated carbocycles. The van der Waals surface area contributed by atoms with Gasteiger partial charge in [-0.15, -0.1) is 11.8 Å². The molecule has 2 aliphatic rings. The van der Waals surface area contributed by atoms with Crippen LogP contribution in [0.2, 0.25) is 0 Å². The molecule has 2 amide bonds. The van der Waals surface area contributed by atoms with Gasteiger partial charge < -0.3 is 19.9 Å². The third-order valence-corrected chi connectivity index (χ3v) is 9.42. The molecule has 2 fully saturated rings. The van der Waals surface area contributed by atoms with Crippen LogP contribution in [0, 0.1) is 0 Å². The fourth-order valence-corrected chi connectivity index (χ4v) is 6.71. The number of carbonyl (C=O) groups is 3. The average molecular weight is 660 g/mol. The number of amides is 2. The van der Waals surface area contributed by atoms with E-state index >= 15 is 0 Å². The summed E-state index contributed by atoms with van der Waals surface area (Å²) in [6.07, 6.45) is 2.76. The summed E-state index contributed by atoms with van der Waals surface area (Å²) in [5.41, 5.74) is 2.98. The minimum atomic E-state index is -0.716.